The van der Waals surface area contributed by atoms with Gasteiger partial charge in [0.05, 0.1) is 6.54 Å². The molecule has 0 bridgehead atoms. The number of carbonyl (C=O) groups is 2. The molecular formula is C16H23N3O2. The second-order valence-electron chi connectivity index (χ2n) is 6.40. The van der Waals surface area contributed by atoms with Gasteiger partial charge in [0.25, 0.3) is 0 Å². The highest BCUT2D eigenvalue weighted by Gasteiger charge is 2.28. The third kappa shape index (κ3) is 4.48. The van der Waals surface area contributed by atoms with Gasteiger partial charge in [0, 0.05) is 24.3 Å². The van der Waals surface area contributed by atoms with Gasteiger partial charge >= 0.3 is 0 Å². The maximum Gasteiger partial charge on any atom is 0.243 e. The Morgan fingerprint density at radius 1 is 1.38 bits per heavy atom. The van der Waals surface area contributed by atoms with Crippen molar-refractivity contribution in [2.24, 2.45) is 5.41 Å². The maximum absolute atomic E-state index is 12.1. The number of nitrogens with one attached hydrogen (secondary N) is 1. The Morgan fingerprint density at radius 3 is 2.86 bits per heavy atom. The first-order valence-electron chi connectivity index (χ1n) is 7.29. The monoisotopic (exact) mass is 289 g/mol. The average molecular weight is 289 g/mol. The molecule has 3 N–H and O–H groups in total. The van der Waals surface area contributed by atoms with E-state index in [0.29, 0.717) is 24.3 Å². The zero-order chi connectivity index (χ0) is 15.5. The predicted molar refractivity (Wildman–Crippen MR) is 83.7 cm³/mol. The molecule has 1 aliphatic heterocycles. The molecule has 0 atom stereocenters. The van der Waals surface area contributed by atoms with Crippen molar-refractivity contribution in [1.29, 1.82) is 0 Å². The lowest BCUT2D eigenvalue weighted by molar-refractivity contribution is -0.134. The molecule has 0 aromatic heterocycles. The van der Waals surface area contributed by atoms with Crippen LogP contribution < -0.4 is 11.1 Å². The van der Waals surface area contributed by atoms with Crippen LogP contribution in [-0.4, -0.2) is 29.8 Å². The molecule has 5 nitrogen and oxygen atoms in total. The summed E-state index contributed by atoms with van der Waals surface area (Å²) in [7, 11) is 0. The largest absolute Gasteiger partial charge is 0.399 e. The van der Waals surface area contributed by atoms with Crippen LogP contribution in [0.1, 0.15) is 33.1 Å². The minimum atomic E-state index is -0.186. The third-order valence-electron chi connectivity index (χ3n) is 3.93. The van der Waals surface area contributed by atoms with E-state index >= 15 is 0 Å². The molecule has 1 fully saturated rings. The van der Waals surface area contributed by atoms with Crippen LogP contribution in [0.25, 0.3) is 0 Å². The molecule has 1 heterocycles. The molecule has 5 heteroatoms. The molecule has 1 saturated heterocycles. The summed E-state index contributed by atoms with van der Waals surface area (Å²) in [5.41, 5.74) is 7.09. The quantitative estimate of drug-likeness (QED) is 0.838. The first-order chi connectivity index (χ1) is 9.85. The summed E-state index contributed by atoms with van der Waals surface area (Å²) in [5, 5.41) is 2.78. The van der Waals surface area contributed by atoms with Crippen molar-refractivity contribution in [3.63, 3.8) is 0 Å². The third-order valence-corrected chi connectivity index (χ3v) is 3.93. The number of nitrogens with two attached hydrogens (primary N) is 1. The summed E-state index contributed by atoms with van der Waals surface area (Å²) < 4.78 is 0. The number of anilines is 2. The number of nitrogens with zero attached hydrogens (tertiary/aromatic N) is 1. The second kappa shape index (κ2) is 6.16. The van der Waals surface area contributed by atoms with E-state index in [1.807, 2.05) is 0 Å². The number of hydrogen-bond donors (Lipinski definition) is 2. The van der Waals surface area contributed by atoms with Gasteiger partial charge in [-0.2, -0.15) is 0 Å². The van der Waals surface area contributed by atoms with E-state index in [1.54, 1.807) is 29.2 Å². The second-order valence-corrected chi connectivity index (χ2v) is 6.40. The molecule has 0 spiro atoms. The van der Waals surface area contributed by atoms with Crippen molar-refractivity contribution < 1.29 is 9.59 Å². The lowest BCUT2D eigenvalue weighted by Gasteiger charge is -2.23. The molecule has 21 heavy (non-hydrogen) atoms. The molecule has 1 aliphatic rings. The highest BCUT2D eigenvalue weighted by Crippen LogP contribution is 2.30. The summed E-state index contributed by atoms with van der Waals surface area (Å²) in [6.45, 7) is 5.06. The van der Waals surface area contributed by atoms with E-state index < -0.39 is 0 Å². The van der Waals surface area contributed by atoms with E-state index in [9.17, 15) is 9.59 Å². The number of amides is 2. The van der Waals surface area contributed by atoms with Gasteiger partial charge in [-0.15, -0.1) is 0 Å². The van der Waals surface area contributed by atoms with Crippen molar-refractivity contribution in [3.8, 4) is 0 Å². The number of benzene rings is 1. The van der Waals surface area contributed by atoms with Gasteiger partial charge in [-0.1, -0.05) is 19.9 Å². The molecule has 114 valence electrons. The van der Waals surface area contributed by atoms with Crippen molar-refractivity contribution in [2.45, 2.75) is 33.1 Å². The van der Waals surface area contributed by atoms with Gasteiger partial charge in [0.2, 0.25) is 11.8 Å². The number of hydrogen-bond acceptors (Lipinski definition) is 3. The van der Waals surface area contributed by atoms with Crippen LogP contribution in [0, 0.1) is 5.41 Å². The van der Waals surface area contributed by atoms with Crippen molar-refractivity contribution in [2.75, 3.05) is 24.1 Å². The van der Waals surface area contributed by atoms with E-state index in [0.717, 1.165) is 12.8 Å². The Morgan fingerprint density at radius 2 is 2.14 bits per heavy atom. The summed E-state index contributed by atoms with van der Waals surface area (Å²) in [6.07, 6.45) is 2.31. The molecule has 2 rings (SSSR count). The Labute approximate surface area is 125 Å². The van der Waals surface area contributed by atoms with Gasteiger partial charge < -0.3 is 16.0 Å². The zero-order valence-electron chi connectivity index (χ0n) is 12.7. The summed E-state index contributed by atoms with van der Waals surface area (Å²) in [6, 6.07) is 7.02. The maximum atomic E-state index is 12.1. The van der Waals surface area contributed by atoms with Crippen molar-refractivity contribution in [1.82, 2.24) is 4.90 Å². The molecule has 0 saturated carbocycles. The average Bonchev–Trinajstić information content (AvgIpc) is 2.52. The van der Waals surface area contributed by atoms with E-state index in [-0.39, 0.29) is 23.8 Å². The number of nitrogen functional groups attached to an aromatic ring is 1. The van der Waals surface area contributed by atoms with Crippen LogP contribution in [0.3, 0.4) is 0 Å². The van der Waals surface area contributed by atoms with Gasteiger partial charge in [0.1, 0.15) is 0 Å². The topological polar surface area (TPSA) is 75.4 Å². The van der Waals surface area contributed by atoms with Crippen LogP contribution in [0.15, 0.2) is 24.3 Å². The van der Waals surface area contributed by atoms with Crippen molar-refractivity contribution >= 4 is 23.2 Å². The van der Waals surface area contributed by atoms with Gasteiger partial charge in [0.15, 0.2) is 0 Å². The summed E-state index contributed by atoms with van der Waals surface area (Å²) in [4.78, 5) is 25.8. The zero-order valence-corrected chi connectivity index (χ0v) is 12.7. The van der Waals surface area contributed by atoms with Crippen LogP contribution in [0.5, 0.6) is 0 Å². The first-order valence-corrected chi connectivity index (χ1v) is 7.29. The van der Waals surface area contributed by atoms with Crippen LogP contribution in [0.4, 0.5) is 11.4 Å². The van der Waals surface area contributed by atoms with Gasteiger partial charge in [-0.3, -0.25) is 9.59 Å². The minimum Gasteiger partial charge on any atom is -0.399 e. The molecule has 0 unspecified atom stereocenters. The molecular weight excluding hydrogens is 266 g/mol. The van der Waals surface area contributed by atoms with Crippen LogP contribution in [0.2, 0.25) is 0 Å². The van der Waals surface area contributed by atoms with Gasteiger partial charge in [-0.25, -0.2) is 0 Å². The fourth-order valence-corrected chi connectivity index (χ4v) is 2.45. The predicted octanol–water partition coefficient (Wildman–Crippen LogP) is 2.25. The molecule has 0 radical (unpaired) electrons. The Bertz CT molecular complexity index is 540. The Balaban J connectivity index is 1.94. The van der Waals surface area contributed by atoms with Crippen LogP contribution in [-0.2, 0) is 9.59 Å². The Kier molecular flexibility index (Phi) is 4.50. The highest BCUT2D eigenvalue weighted by molar-refractivity contribution is 5.94. The minimum absolute atomic E-state index is 0.0586. The van der Waals surface area contributed by atoms with E-state index in [4.69, 9.17) is 5.73 Å². The van der Waals surface area contributed by atoms with E-state index in [1.165, 1.54) is 0 Å². The lowest BCUT2D eigenvalue weighted by atomic mass is 9.85. The molecule has 2 amide bonds. The fraction of sp³-hybridized carbons (Fsp3) is 0.500. The van der Waals surface area contributed by atoms with E-state index in [2.05, 4.69) is 19.2 Å². The fourth-order valence-electron chi connectivity index (χ4n) is 2.45. The molecule has 1 aromatic carbocycles. The standard InChI is InChI=1S/C16H23N3O2/c1-16(2)7-6-15(21)19(9-8-16)11-14(20)18-13-5-3-4-12(17)10-13/h3-5,10H,6-9,11,17H2,1-2H3,(H,18,20). The van der Waals surface area contributed by atoms with Gasteiger partial charge in [-0.05, 0) is 36.5 Å². The van der Waals surface area contributed by atoms with Crippen molar-refractivity contribution in [3.05, 3.63) is 24.3 Å². The number of likely N-dealkylation sites (tertiary alicyclic amines) is 1. The SMILES string of the molecule is CC1(C)CCC(=O)N(CC(=O)Nc2cccc(N)c2)CC1. The number of carbonyl (C=O) groups excluding carboxylic acids is 2. The number of rotatable bonds is 3. The van der Waals surface area contributed by atoms with Crippen LogP contribution >= 0.6 is 0 Å². The Hall–Kier alpha value is -2.04. The summed E-state index contributed by atoms with van der Waals surface area (Å²) >= 11 is 0. The lowest BCUT2D eigenvalue weighted by Crippen LogP contribution is -2.37. The first kappa shape index (κ1) is 15.4. The molecule has 0 aliphatic carbocycles. The smallest absolute Gasteiger partial charge is 0.243 e. The highest BCUT2D eigenvalue weighted by atomic mass is 16.2. The summed E-state index contributed by atoms with van der Waals surface area (Å²) in [5.74, 6) is -0.128. The normalized spacial score (nSPS) is 18.2. The molecule has 1 aromatic rings.